The smallest absolute Gasteiger partial charge is 0.245 e. The highest BCUT2D eigenvalue weighted by Gasteiger charge is 2.10. The summed E-state index contributed by atoms with van der Waals surface area (Å²) < 4.78 is 3.47. The number of carbonyl (C=O) groups is 1. The van der Waals surface area contributed by atoms with Gasteiger partial charge in [-0.25, -0.2) is 9.36 Å². The standard InChI is InChI=1S/C8H13N2OS/c1-3-12-6-8(11)10-5-4-9(2)7-10/h4-5,7H,3,6H2,1-2H3/q+1. The highest BCUT2D eigenvalue weighted by atomic mass is 32.2. The highest BCUT2D eigenvalue weighted by Crippen LogP contribution is 1.99. The van der Waals surface area contributed by atoms with Crippen molar-refractivity contribution in [2.45, 2.75) is 6.92 Å². The van der Waals surface area contributed by atoms with Gasteiger partial charge in [0.1, 0.15) is 12.4 Å². The summed E-state index contributed by atoms with van der Waals surface area (Å²) in [4.78, 5) is 11.3. The van der Waals surface area contributed by atoms with Gasteiger partial charge in [0.25, 0.3) is 6.33 Å². The molecule has 0 saturated heterocycles. The van der Waals surface area contributed by atoms with Crippen LogP contribution >= 0.6 is 11.8 Å². The molecule has 4 heteroatoms. The molecule has 0 bridgehead atoms. The second kappa shape index (κ2) is 4.30. The summed E-state index contributed by atoms with van der Waals surface area (Å²) in [6, 6.07) is 0. The Labute approximate surface area is 76.4 Å². The predicted molar refractivity (Wildman–Crippen MR) is 49.2 cm³/mol. The average molecular weight is 185 g/mol. The number of hydrogen-bond acceptors (Lipinski definition) is 2. The van der Waals surface area contributed by atoms with Gasteiger partial charge in [0, 0.05) is 0 Å². The Hall–Kier alpha value is -0.770. The monoisotopic (exact) mass is 185 g/mol. The highest BCUT2D eigenvalue weighted by molar-refractivity contribution is 7.99. The summed E-state index contributed by atoms with van der Waals surface area (Å²) >= 11 is 1.64. The Balaban J connectivity index is 2.53. The van der Waals surface area contributed by atoms with E-state index in [2.05, 4.69) is 0 Å². The maximum atomic E-state index is 11.3. The zero-order valence-corrected chi connectivity index (χ0v) is 8.17. The lowest BCUT2D eigenvalue weighted by atomic mass is 10.7. The van der Waals surface area contributed by atoms with Gasteiger partial charge in [-0.05, 0) is 5.75 Å². The molecule has 1 rings (SSSR count). The van der Waals surface area contributed by atoms with Gasteiger partial charge < -0.3 is 0 Å². The van der Waals surface area contributed by atoms with Gasteiger partial charge in [-0.15, -0.1) is 11.8 Å². The van der Waals surface area contributed by atoms with E-state index in [-0.39, 0.29) is 5.91 Å². The molecule has 1 aromatic heterocycles. The third kappa shape index (κ3) is 2.37. The van der Waals surface area contributed by atoms with Crippen molar-refractivity contribution < 1.29 is 9.36 Å². The maximum absolute atomic E-state index is 11.3. The van der Waals surface area contributed by atoms with E-state index in [0.717, 1.165) is 5.75 Å². The molecular formula is C8H13N2OS+. The molecule has 0 saturated carbocycles. The van der Waals surface area contributed by atoms with Crippen LogP contribution in [0.3, 0.4) is 0 Å². The van der Waals surface area contributed by atoms with E-state index in [0.29, 0.717) is 5.75 Å². The number of imidazole rings is 1. The van der Waals surface area contributed by atoms with E-state index in [9.17, 15) is 4.79 Å². The zero-order valence-electron chi connectivity index (χ0n) is 7.36. The summed E-state index contributed by atoms with van der Waals surface area (Å²) in [7, 11) is 1.90. The topological polar surface area (TPSA) is 25.9 Å². The minimum absolute atomic E-state index is 0.141. The Morgan fingerprint density at radius 3 is 2.92 bits per heavy atom. The Morgan fingerprint density at radius 2 is 2.42 bits per heavy atom. The number of thioether (sulfide) groups is 1. The fourth-order valence-corrected chi connectivity index (χ4v) is 1.39. The van der Waals surface area contributed by atoms with Crippen molar-refractivity contribution in [3.63, 3.8) is 0 Å². The molecule has 3 nitrogen and oxygen atoms in total. The van der Waals surface area contributed by atoms with Crippen LogP contribution in [0.1, 0.15) is 11.7 Å². The Kier molecular flexibility index (Phi) is 3.34. The first-order valence-electron chi connectivity index (χ1n) is 3.88. The average Bonchev–Trinajstić information content (AvgIpc) is 2.47. The second-order valence-corrected chi connectivity index (χ2v) is 3.79. The SMILES string of the molecule is CCSCC(=O)n1cc[n+](C)c1. The van der Waals surface area contributed by atoms with E-state index in [1.807, 2.05) is 24.7 Å². The van der Waals surface area contributed by atoms with E-state index < -0.39 is 0 Å². The van der Waals surface area contributed by atoms with Gasteiger partial charge in [0.15, 0.2) is 0 Å². The summed E-state index contributed by atoms with van der Waals surface area (Å²) in [5.74, 6) is 1.69. The van der Waals surface area contributed by atoms with Crippen molar-refractivity contribution in [1.29, 1.82) is 0 Å². The van der Waals surface area contributed by atoms with E-state index in [1.54, 1.807) is 28.9 Å². The Morgan fingerprint density at radius 1 is 1.67 bits per heavy atom. The van der Waals surface area contributed by atoms with Crippen LogP contribution in [0.25, 0.3) is 0 Å². The van der Waals surface area contributed by atoms with Gasteiger partial charge in [-0.3, -0.25) is 0 Å². The first-order valence-corrected chi connectivity index (χ1v) is 5.03. The number of nitrogens with zero attached hydrogens (tertiary/aromatic N) is 2. The number of aromatic nitrogens is 2. The number of carbonyl (C=O) groups excluding carboxylic acids is 1. The molecule has 0 atom stereocenters. The van der Waals surface area contributed by atoms with Crippen molar-refractivity contribution >= 4 is 17.7 Å². The van der Waals surface area contributed by atoms with Crippen molar-refractivity contribution in [3.05, 3.63) is 18.7 Å². The zero-order chi connectivity index (χ0) is 8.97. The lowest BCUT2D eigenvalue weighted by molar-refractivity contribution is -0.670. The molecular weight excluding hydrogens is 172 g/mol. The molecule has 0 amide bonds. The fraction of sp³-hybridized carbons (Fsp3) is 0.500. The predicted octanol–water partition coefficient (Wildman–Crippen LogP) is 0.706. The van der Waals surface area contributed by atoms with Crippen LogP contribution in [-0.2, 0) is 7.05 Å². The maximum Gasteiger partial charge on any atom is 0.323 e. The van der Waals surface area contributed by atoms with E-state index in [1.165, 1.54) is 0 Å². The molecule has 0 aromatic carbocycles. The molecule has 0 aliphatic heterocycles. The molecule has 1 aromatic rings. The lowest BCUT2D eigenvalue weighted by Gasteiger charge is -1.92. The lowest BCUT2D eigenvalue weighted by Crippen LogP contribution is -2.25. The van der Waals surface area contributed by atoms with Crippen molar-refractivity contribution in [3.8, 4) is 0 Å². The first kappa shape index (κ1) is 9.32. The molecule has 0 radical (unpaired) electrons. The normalized spacial score (nSPS) is 10.2. The third-order valence-electron chi connectivity index (χ3n) is 1.49. The molecule has 0 unspecified atom stereocenters. The van der Waals surface area contributed by atoms with Gasteiger partial charge in [0.05, 0.1) is 12.8 Å². The molecule has 12 heavy (non-hydrogen) atoms. The van der Waals surface area contributed by atoms with Crippen LogP contribution < -0.4 is 4.57 Å². The van der Waals surface area contributed by atoms with Crippen LogP contribution in [0.4, 0.5) is 0 Å². The molecule has 0 fully saturated rings. The summed E-state index contributed by atoms with van der Waals surface area (Å²) in [5, 5.41) is 0. The van der Waals surface area contributed by atoms with Crippen LogP contribution in [-0.4, -0.2) is 22.0 Å². The molecule has 0 aliphatic carbocycles. The summed E-state index contributed by atoms with van der Waals surface area (Å²) in [6.07, 6.45) is 5.41. The molecule has 0 spiro atoms. The second-order valence-electron chi connectivity index (χ2n) is 2.52. The van der Waals surface area contributed by atoms with Gasteiger partial charge in [-0.2, -0.15) is 4.57 Å². The molecule has 1 heterocycles. The van der Waals surface area contributed by atoms with E-state index in [4.69, 9.17) is 0 Å². The van der Waals surface area contributed by atoms with Gasteiger partial charge >= 0.3 is 5.91 Å². The minimum atomic E-state index is 0.141. The van der Waals surface area contributed by atoms with Crippen LogP contribution in [0.5, 0.6) is 0 Å². The van der Waals surface area contributed by atoms with Crippen LogP contribution in [0, 0.1) is 0 Å². The number of rotatable bonds is 3. The van der Waals surface area contributed by atoms with Gasteiger partial charge in [-0.1, -0.05) is 6.92 Å². The minimum Gasteiger partial charge on any atom is -0.245 e. The molecule has 0 aliphatic rings. The van der Waals surface area contributed by atoms with E-state index >= 15 is 0 Å². The fourth-order valence-electron chi connectivity index (χ4n) is 0.862. The summed E-state index contributed by atoms with van der Waals surface area (Å²) in [6.45, 7) is 2.05. The quantitative estimate of drug-likeness (QED) is 0.648. The number of hydrogen-bond donors (Lipinski definition) is 0. The van der Waals surface area contributed by atoms with Crippen LogP contribution in [0.15, 0.2) is 18.7 Å². The van der Waals surface area contributed by atoms with Crippen molar-refractivity contribution in [2.24, 2.45) is 7.05 Å². The molecule has 66 valence electrons. The summed E-state index contributed by atoms with van der Waals surface area (Å²) in [5.41, 5.74) is 0. The molecule has 0 N–H and O–H groups in total. The largest absolute Gasteiger partial charge is 0.323 e. The first-order chi connectivity index (χ1) is 5.74. The number of aryl methyl sites for hydroxylation is 1. The van der Waals surface area contributed by atoms with Gasteiger partial charge in [0.2, 0.25) is 0 Å². The van der Waals surface area contributed by atoms with Crippen molar-refractivity contribution in [2.75, 3.05) is 11.5 Å². The van der Waals surface area contributed by atoms with Crippen LogP contribution in [0.2, 0.25) is 0 Å². The van der Waals surface area contributed by atoms with Crippen molar-refractivity contribution in [1.82, 2.24) is 4.57 Å². The third-order valence-corrected chi connectivity index (χ3v) is 2.35. The Bertz CT molecular complexity index is 270.